The maximum absolute atomic E-state index is 12.2. The molecule has 108 valence electrons. The Morgan fingerprint density at radius 3 is 2.75 bits per heavy atom. The summed E-state index contributed by atoms with van der Waals surface area (Å²) in [7, 11) is -1.11. The van der Waals surface area contributed by atoms with Gasteiger partial charge in [0.1, 0.15) is 5.76 Å². The average molecular weight is 332 g/mol. The van der Waals surface area contributed by atoms with Crippen molar-refractivity contribution in [3.8, 4) is 0 Å². The molecule has 2 rings (SSSR count). The predicted molar refractivity (Wildman–Crippen MR) is 82.6 cm³/mol. The smallest absolute Gasteiger partial charge is 0.181 e. The van der Waals surface area contributed by atoms with E-state index in [1.54, 1.807) is 18.2 Å². The highest BCUT2D eigenvalue weighted by atomic mass is 35.5. The molecular formula is C14H15Cl2NO2S. The van der Waals surface area contributed by atoms with Gasteiger partial charge in [0.15, 0.2) is 6.39 Å². The van der Waals surface area contributed by atoms with Crippen LogP contribution in [0.25, 0.3) is 0 Å². The van der Waals surface area contributed by atoms with Crippen molar-refractivity contribution < 1.29 is 8.63 Å². The first-order valence-corrected chi connectivity index (χ1v) is 8.43. The molecule has 0 N–H and O–H groups in total. The van der Waals surface area contributed by atoms with Gasteiger partial charge >= 0.3 is 0 Å². The molecule has 1 atom stereocenters. The van der Waals surface area contributed by atoms with E-state index >= 15 is 0 Å². The Morgan fingerprint density at radius 2 is 2.05 bits per heavy atom. The van der Waals surface area contributed by atoms with E-state index in [9.17, 15) is 4.21 Å². The minimum Gasteiger partial charge on any atom is -0.448 e. The van der Waals surface area contributed by atoms with Crippen LogP contribution < -0.4 is 0 Å². The van der Waals surface area contributed by atoms with E-state index in [1.165, 1.54) is 6.39 Å². The van der Waals surface area contributed by atoms with Crippen molar-refractivity contribution in [2.24, 2.45) is 0 Å². The molecule has 20 heavy (non-hydrogen) atoms. The molecule has 0 saturated carbocycles. The summed E-state index contributed by atoms with van der Waals surface area (Å²) < 4.78 is 17.6. The largest absolute Gasteiger partial charge is 0.448 e. The summed E-state index contributed by atoms with van der Waals surface area (Å²) in [4.78, 5) is 4.14. The average Bonchev–Trinajstić information content (AvgIpc) is 2.82. The maximum Gasteiger partial charge on any atom is 0.181 e. The number of hydrogen-bond donors (Lipinski definition) is 0. The van der Waals surface area contributed by atoms with E-state index in [-0.39, 0.29) is 5.92 Å². The van der Waals surface area contributed by atoms with E-state index in [0.717, 1.165) is 17.0 Å². The van der Waals surface area contributed by atoms with Crippen LogP contribution in [-0.2, 0) is 22.3 Å². The summed E-state index contributed by atoms with van der Waals surface area (Å²) in [5.74, 6) is 1.71. The van der Waals surface area contributed by atoms with E-state index in [1.807, 2.05) is 13.8 Å². The summed E-state index contributed by atoms with van der Waals surface area (Å²) in [6.07, 6.45) is 1.40. The first-order valence-electron chi connectivity index (χ1n) is 6.18. The van der Waals surface area contributed by atoms with Gasteiger partial charge in [-0.2, -0.15) is 0 Å². The van der Waals surface area contributed by atoms with Crippen LogP contribution in [0.2, 0.25) is 10.0 Å². The third kappa shape index (κ3) is 3.84. The van der Waals surface area contributed by atoms with E-state index < -0.39 is 10.8 Å². The van der Waals surface area contributed by atoms with Gasteiger partial charge < -0.3 is 4.42 Å². The highest BCUT2D eigenvalue weighted by Gasteiger charge is 2.15. The lowest BCUT2D eigenvalue weighted by atomic mass is 10.1. The molecule has 0 aliphatic carbocycles. The third-order valence-electron chi connectivity index (χ3n) is 2.82. The Morgan fingerprint density at radius 1 is 1.30 bits per heavy atom. The fourth-order valence-corrected chi connectivity index (χ4v) is 3.55. The Kier molecular flexibility index (Phi) is 5.24. The highest BCUT2D eigenvalue weighted by molar-refractivity contribution is 7.83. The minimum absolute atomic E-state index is 0.222. The summed E-state index contributed by atoms with van der Waals surface area (Å²) >= 11 is 12.0. The van der Waals surface area contributed by atoms with Gasteiger partial charge in [-0.3, -0.25) is 4.21 Å². The van der Waals surface area contributed by atoms with E-state index in [0.29, 0.717) is 21.6 Å². The second-order valence-electron chi connectivity index (χ2n) is 4.78. The van der Waals surface area contributed by atoms with Gasteiger partial charge in [0.25, 0.3) is 0 Å². The van der Waals surface area contributed by atoms with E-state index in [2.05, 4.69) is 4.98 Å². The Balaban J connectivity index is 2.09. The Hall–Kier alpha value is -0.840. The predicted octanol–water partition coefficient (Wildman–Crippen LogP) is 4.55. The molecule has 2 aromatic rings. The molecule has 0 saturated heterocycles. The van der Waals surface area contributed by atoms with Crippen molar-refractivity contribution in [1.82, 2.24) is 4.98 Å². The highest BCUT2D eigenvalue weighted by Crippen LogP contribution is 2.24. The lowest BCUT2D eigenvalue weighted by Gasteiger charge is -2.06. The normalized spacial score (nSPS) is 12.8. The van der Waals surface area contributed by atoms with Gasteiger partial charge in [-0.05, 0) is 23.8 Å². The van der Waals surface area contributed by atoms with Crippen molar-refractivity contribution >= 4 is 34.0 Å². The van der Waals surface area contributed by atoms with Crippen molar-refractivity contribution in [3.63, 3.8) is 0 Å². The van der Waals surface area contributed by atoms with Gasteiger partial charge in [-0.1, -0.05) is 37.0 Å². The molecule has 0 bridgehead atoms. The van der Waals surface area contributed by atoms with Crippen molar-refractivity contribution in [2.75, 3.05) is 0 Å². The first kappa shape index (κ1) is 15.5. The lowest BCUT2D eigenvalue weighted by molar-refractivity contribution is 0.480. The summed E-state index contributed by atoms with van der Waals surface area (Å²) in [6.45, 7) is 4.03. The van der Waals surface area contributed by atoms with Crippen molar-refractivity contribution in [3.05, 3.63) is 51.7 Å². The van der Waals surface area contributed by atoms with Crippen LogP contribution in [0.4, 0.5) is 0 Å². The molecule has 6 heteroatoms. The zero-order chi connectivity index (χ0) is 14.7. The second-order valence-corrected chi connectivity index (χ2v) is 7.08. The van der Waals surface area contributed by atoms with Crippen LogP contribution in [0.15, 0.2) is 29.0 Å². The van der Waals surface area contributed by atoms with Crippen LogP contribution in [0.3, 0.4) is 0 Å². The molecule has 0 amide bonds. The molecule has 0 fully saturated rings. The van der Waals surface area contributed by atoms with Crippen LogP contribution in [0, 0.1) is 0 Å². The molecule has 0 spiro atoms. The summed E-state index contributed by atoms with van der Waals surface area (Å²) in [5.41, 5.74) is 1.53. The molecule has 1 heterocycles. The van der Waals surface area contributed by atoms with Crippen molar-refractivity contribution in [1.29, 1.82) is 0 Å². The van der Waals surface area contributed by atoms with Gasteiger partial charge in [-0.25, -0.2) is 4.98 Å². The molecular weight excluding hydrogens is 317 g/mol. The van der Waals surface area contributed by atoms with Gasteiger partial charge in [0.2, 0.25) is 0 Å². The molecule has 0 aliphatic rings. The molecule has 1 aromatic carbocycles. The van der Waals surface area contributed by atoms with Crippen LogP contribution in [0.5, 0.6) is 0 Å². The fourth-order valence-electron chi connectivity index (χ4n) is 1.89. The lowest BCUT2D eigenvalue weighted by Crippen LogP contribution is -2.03. The zero-order valence-electron chi connectivity index (χ0n) is 11.2. The standard InChI is InChI=1S/C14H15Cl2NO2S/c1-9(2)14-13(17-8-19-14)7-20(18)6-10-5-11(15)3-4-12(10)16/h3-5,8-9H,6-7H2,1-2H3. The number of hydrogen-bond acceptors (Lipinski definition) is 3. The Bertz CT molecular complexity index is 625. The zero-order valence-corrected chi connectivity index (χ0v) is 13.6. The maximum atomic E-state index is 12.2. The molecule has 1 unspecified atom stereocenters. The quantitative estimate of drug-likeness (QED) is 0.806. The molecule has 1 aromatic heterocycles. The number of oxazole rings is 1. The molecule has 3 nitrogen and oxygen atoms in total. The number of nitrogens with zero attached hydrogens (tertiary/aromatic N) is 1. The van der Waals surface area contributed by atoms with Crippen LogP contribution in [0.1, 0.15) is 36.8 Å². The minimum atomic E-state index is -1.11. The first-order chi connectivity index (χ1) is 9.47. The Labute approximate surface area is 130 Å². The number of halogens is 2. The van der Waals surface area contributed by atoms with Crippen LogP contribution >= 0.6 is 23.2 Å². The summed E-state index contributed by atoms with van der Waals surface area (Å²) in [5, 5.41) is 1.16. The molecule has 0 radical (unpaired) electrons. The van der Waals surface area contributed by atoms with Crippen LogP contribution in [-0.4, -0.2) is 9.19 Å². The number of rotatable bonds is 5. The monoisotopic (exact) mass is 331 g/mol. The topological polar surface area (TPSA) is 43.1 Å². The SMILES string of the molecule is CC(C)c1ocnc1CS(=O)Cc1cc(Cl)ccc1Cl. The number of aromatic nitrogens is 1. The van der Waals surface area contributed by atoms with Crippen molar-refractivity contribution in [2.45, 2.75) is 31.3 Å². The van der Waals surface area contributed by atoms with Gasteiger partial charge in [0, 0.05) is 26.8 Å². The number of benzene rings is 1. The fraction of sp³-hybridized carbons (Fsp3) is 0.357. The summed E-state index contributed by atoms with van der Waals surface area (Å²) in [6, 6.07) is 5.17. The van der Waals surface area contributed by atoms with Gasteiger partial charge in [-0.15, -0.1) is 0 Å². The second kappa shape index (κ2) is 6.74. The third-order valence-corrected chi connectivity index (χ3v) is 4.65. The molecule has 0 aliphatic heterocycles. The van der Waals surface area contributed by atoms with E-state index in [4.69, 9.17) is 27.6 Å². The van der Waals surface area contributed by atoms with Gasteiger partial charge in [0.05, 0.1) is 17.2 Å².